The molecule has 0 spiro atoms. The second kappa shape index (κ2) is 6.53. The van der Waals surface area contributed by atoms with Gasteiger partial charge in [0.1, 0.15) is 5.54 Å². The van der Waals surface area contributed by atoms with E-state index in [0.717, 1.165) is 13.1 Å². The van der Waals surface area contributed by atoms with Crippen LogP contribution in [0.1, 0.15) is 53.4 Å². The molecule has 106 valence electrons. The van der Waals surface area contributed by atoms with Crippen LogP contribution in [0.25, 0.3) is 0 Å². The number of carbonyl (C=O) groups is 1. The number of nitrogens with one attached hydrogen (secondary N) is 1. The van der Waals surface area contributed by atoms with E-state index in [9.17, 15) is 9.90 Å². The summed E-state index contributed by atoms with van der Waals surface area (Å²) in [4.78, 5) is 13.9. The van der Waals surface area contributed by atoms with Gasteiger partial charge in [0.05, 0.1) is 0 Å². The maximum atomic E-state index is 11.4. The summed E-state index contributed by atoms with van der Waals surface area (Å²) in [6, 6.07) is 0.841. The van der Waals surface area contributed by atoms with E-state index in [1.165, 1.54) is 19.3 Å². The van der Waals surface area contributed by atoms with Crippen LogP contribution in [0.15, 0.2) is 0 Å². The molecule has 4 heteroatoms. The van der Waals surface area contributed by atoms with E-state index in [1.807, 2.05) is 13.8 Å². The maximum absolute atomic E-state index is 11.4. The van der Waals surface area contributed by atoms with Crippen LogP contribution in [0.5, 0.6) is 0 Å². The van der Waals surface area contributed by atoms with Crippen molar-refractivity contribution in [3.63, 3.8) is 0 Å². The van der Waals surface area contributed by atoms with Crippen molar-refractivity contribution in [2.24, 2.45) is 0 Å². The Balaban J connectivity index is 2.54. The Kier molecular flexibility index (Phi) is 5.60. The Morgan fingerprint density at radius 1 is 1.56 bits per heavy atom. The van der Waals surface area contributed by atoms with Crippen LogP contribution >= 0.6 is 0 Å². The van der Waals surface area contributed by atoms with Crippen LogP contribution in [0.4, 0.5) is 0 Å². The monoisotopic (exact) mass is 256 g/mol. The number of aliphatic carboxylic acids is 1. The van der Waals surface area contributed by atoms with E-state index in [-0.39, 0.29) is 6.04 Å². The van der Waals surface area contributed by atoms with E-state index in [0.29, 0.717) is 12.5 Å². The molecule has 0 aromatic heterocycles. The van der Waals surface area contributed by atoms with Crippen molar-refractivity contribution in [3.8, 4) is 0 Å². The molecule has 1 saturated heterocycles. The normalized spacial score (nSPS) is 24.4. The Morgan fingerprint density at radius 3 is 2.72 bits per heavy atom. The van der Waals surface area contributed by atoms with E-state index in [2.05, 4.69) is 17.1 Å². The van der Waals surface area contributed by atoms with E-state index < -0.39 is 11.5 Å². The minimum atomic E-state index is -0.810. The van der Waals surface area contributed by atoms with Crippen molar-refractivity contribution >= 4 is 5.97 Å². The fraction of sp³-hybridized carbons (Fsp3) is 0.929. The molecule has 1 fully saturated rings. The maximum Gasteiger partial charge on any atom is 0.323 e. The summed E-state index contributed by atoms with van der Waals surface area (Å²) in [7, 11) is 0. The lowest BCUT2D eigenvalue weighted by Gasteiger charge is -2.32. The fourth-order valence-electron chi connectivity index (χ4n) is 2.90. The number of hydrogen-bond donors (Lipinski definition) is 2. The van der Waals surface area contributed by atoms with Gasteiger partial charge in [0.2, 0.25) is 0 Å². The van der Waals surface area contributed by atoms with Crippen molar-refractivity contribution < 1.29 is 9.90 Å². The van der Waals surface area contributed by atoms with Crippen LogP contribution < -0.4 is 5.32 Å². The second-order valence-electron chi connectivity index (χ2n) is 5.93. The van der Waals surface area contributed by atoms with Gasteiger partial charge >= 0.3 is 5.97 Å². The van der Waals surface area contributed by atoms with Crippen molar-refractivity contribution in [2.75, 3.05) is 13.1 Å². The van der Waals surface area contributed by atoms with Crippen molar-refractivity contribution in [1.29, 1.82) is 0 Å². The molecule has 2 unspecified atom stereocenters. The van der Waals surface area contributed by atoms with Gasteiger partial charge in [-0.1, -0.05) is 6.92 Å². The topological polar surface area (TPSA) is 52.6 Å². The predicted octanol–water partition coefficient (Wildman–Crippen LogP) is 2.09. The number of carboxylic acid groups (broad SMARTS) is 1. The highest BCUT2D eigenvalue weighted by atomic mass is 16.4. The summed E-state index contributed by atoms with van der Waals surface area (Å²) in [6.45, 7) is 9.99. The number of likely N-dealkylation sites (tertiary alicyclic amines) is 1. The average Bonchev–Trinajstić information content (AvgIpc) is 2.72. The molecule has 1 rings (SSSR count). The van der Waals surface area contributed by atoms with Gasteiger partial charge < -0.3 is 10.0 Å². The lowest BCUT2D eigenvalue weighted by atomic mass is 9.96. The van der Waals surface area contributed by atoms with Crippen LogP contribution in [0.2, 0.25) is 0 Å². The number of hydrogen-bond acceptors (Lipinski definition) is 3. The largest absolute Gasteiger partial charge is 0.480 e. The molecule has 0 radical (unpaired) electrons. The number of rotatable bonds is 7. The van der Waals surface area contributed by atoms with Gasteiger partial charge in [-0.05, 0) is 53.0 Å². The molecular formula is C14H28N2O2. The first-order chi connectivity index (χ1) is 8.39. The zero-order valence-electron chi connectivity index (χ0n) is 12.2. The smallest absolute Gasteiger partial charge is 0.323 e. The molecule has 0 aliphatic carbocycles. The van der Waals surface area contributed by atoms with Crippen molar-refractivity contribution in [3.05, 3.63) is 0 Å². The molecule has 4 nitrogen and oxygen atoms in total. The number of carboxylic acids is 1. The molecule has 0 saturated carbocycles. The fourth-order valence-corrected chi connectivity index (χ4v) is 2.90. The predicted molar refractivity (Wildman–Crippen MR) is 73.8 cm³/mol. The van der Waals surface area contributed by atoms with Crippen molar-refractivity contribution in [2.45, 2.75) is 71.0 Å². The average molecular weight is 256 g/mol. The summed E-state index contributed by atoms with van der Waals surface area (Å²) >= 11 is 0. The molecule has 1 aliphatic heterocycles. The van der Waals surface area contributed by atoms with E-state index in [4.69, 9.17) is 0 Å². The quantitative estimate of drug-likeness (QED) is 0.732. The van der Waals surface area contributed by atoms with Gasteiger partial charge in [0.25, 0.3) is 0 Å². The van der Waals surface area contributed by atoms with E-state index in [1.54, 1.807) is 6.92 Å². The lowest BCUT2D eigenvalue weighted by molar-refractivity contribution is -0.145. The third-order valence-electron chi connectivity index (χ3n) is 3.95. The van der Waals surface area contributed by atoms with Crippen LogP contribution in [-0.4, -0.2) is 46.7 Å². The third kappa shape index (κ3) is 3.95. The summed E-state index contributed by atoms with van der Waals surface area (Å²) in [5, 5.41) is 12.6. The molecular weight excluding hydrogens is 228 g/mol. The Labute approximate surface area is 111 Å². The van der Waals surface area contributed by atoms with E-state index >= 15 is 0 Å². The summed E-state index contributed by atoms with van der Waals surface area (Å²) in [6.07, 6.45) is 4.34. The van der Waals surface area contributed by atoms with Crippen LogP contribution in [-0.2, 0) is 4.79 Å². The highest BCUT2D eigenvalue weighted by Crippen LogP contribution is 2.22. The standard InChI is InChI=1S/C14H28N2O2/c1-5-12-7-6-9-16(12)10-8-14(4,13(17)18)15-11(2)3/h11-12,15H,5-10H2,1-4H3,(H,17,18). The summed E-state index contributed by atoms with van der Waals surface area (Å²) in [5.41, 5.74) is -0.810. The van der Waals surface area contributed by atoms with Gasteiger partial charge in [0, 0.05) is 18.6 Å². The Morgan fingerprint density at radius 2 is 2.22 bits per heavy atom. The van der Waals surface area contributed by atoms with Gasteiger partial charge in [0.15, 0.2) is 0 Å². The molecule has 0 amide bonds. The Bertz CT molecular complexity index is 281. The molecule has 1 aliphatic rings. The molecule has 2 atom stereocenters. The molecule has 1 heterocycles. The van der Waals surface area contributed by atoms with Crippen LogP contribution in [0, 0.1) is 0 Å². The molecule has 0 aromatic rings. The highest BCUT2D eigenvalue weighted by Gasteiger charge is 2.34. The highest BCUT2D eigenvalue weighted by molar-refractivity contribution is 5.78. The van der Waals surface area contributed by atoms with Crippen molar-refractivity contribution in [1.82, 2.24) is 10.2 Å². The van der Waals surface area contributed by atoms with Gasteiger partial charge in [-0.2, -0.15) is 0 Å². The summed E-state index contributed by atoms with van der Waals surface area (Å²) < 4.78 is 0. The first kappa shape index (κ1) is 15.4. The molecule has 18 heavy (non-hydrogen) atoms. The molecule has 0 aromatic carbocycles. The zero-order valence-corrected chi connectivity index (χ0v) is 12.2. The minimum absolute atomic E-state index is 0.187. The Hall–Kier alpha value is -0.610. The first-order valence-electron chi connectivity index (χ1n) is 7.14. The third-order valence-corrected chi connectivity index (χ3v) is 3.95. The van der Waals surface area contributed by atoms with Gasteiger partial charge in [-0.25, -0.2) is 0 Å². The minimum Gasteiger partial charge on any atom is -0.480 e. The zero-order chi connectivity index (χ0) is 13.8. The second-order valence-corrected chi connectivity index (χ2v) is 5.93. The SMILES string of the molecule is CCC1CCCN1CCC(C)(NC(C)C)C(=O)O. The molecule has 0 bridgehead atoms. The van der Waals surface area contributed by atoms with Crippen LogP contribution in [0.3, 0.4) is 0 Å². The van der Waals surface area contributed by atoms with Gasteiger partial charge in [-0.3, -0.25) is 10.1 Å². The number of nitrogens with zero attached hydrogens (tertiary/aromatic N) is 1. The summed E-state index contributed by atoms with van der Waals surface area (Å²) in [5.74, 6) is -0.747. The molecule has 2 N–H and O–H groups in total. The lowest BCUT2D eigenvalue weighted by Crippen LogP contribution is -2.54. The first-order valence-corrected chi connectivity index (χ1v) is 7.14. The van der Waals surface area contributed by atoms with Gasteiger partial charge in [-0.15, -0.1) is 0 Å².